The number of carboxylic acid groups (broad SMARTS) is 1. The second-order valence-corrected chi connectivity index (χ2v) is 13.6. The lowest BCUT2D eigenvalue weighted by Crippen LogP contribution is -2.71. The Hall–Kier alpha value is -1.36. The van der Waals surface area contributed by atoms with Gasteiger partial charge in [-0.3, -0.25) is 9.59 Å². The Morgan fingerprint density at radius 1 is 0.946 bits per heavy atom. The molecule has 0 aromatic carbocycles. The van der Waals surface area contributed by atoms with Crippen LogP contribution in [0.1, 0.15) is 136 Å². The molecule has 0 aliphatic heterocycles. The third-order valence-corrected chi connectivity index (χ3v) is 11.6. The van der Waals surface area contributed by atoms with Gasteiger partial charge in [0, 0.05) is 17.3 Å². The molecular formula is C32H52O5. The number of hydrogen-bond donors (Lipinski definition) is 2. The maximum absolute atomic E-state index is 13.0. The van der Waals surface area contributed by atoms with Gasteiger partial charge < -0.3 is 14.9 Å². The summed E-state index contributed by atoms with van der Waals surface area (Å²) in [7, 11) is 0. The van der Waals surface area contributed by atoms with E-state index in [0.29, 0.717) is 25.7 Å². The van der Waals surface area contributed by atoms with E-state index in [9.17, 15) is 19.8 Å². The van der Waals surface area contributed by atoms with Crippen molar-refractivity contribution in [3.05, 3.63) is 12.2 Å². The zero-order valence-corrected chi connectivity index (χ0v) is 23.8. The summed E-state index contributed by atoms with van der Waals surface area (Å²) >= 11 is 0. The van der Waals surface area contributed by atoms with Gasteiger partial charge in [0.15, 0.2) is 0 Å². The van der Waals surface area contributed by atoms with E-state index >= 15 is 0 Å². The summed E-state index contributed by atoms with van der Waals surface area (Å²) in [4.78, 5) is 25.5. The molecule has 0 heterocycles. The predicted octanol–water partition coefficient (Wildman–Crippen LogP) is 7.60. The first-order valence-corrected chi connectivity index (χ1v) is 15.4. The summed E-state index contributed by atoms with van der Waals surface area (Å²) in [5.41, 5.74) is -1.93. The molecule has 4 rings (SSSR count). The minimum absolute atomic E-state index is 0.0781. The Bertz CT molecular complexity index is 867. The highest BCUT2D eigenvalue weighted by Gasteiger charge is 2.75. The van der Waals surface area contributed by atoms with Gasteiger partial charge in [-0.25, -0.2) is 0 Å². The van der Waals surface area contributed by atoms with Crippen LogP contribution < -0.4 is 0 Å². The molecule has 5 nitrogen and oxygen atoms in total. The first-order valence-electron chi connectivity index (χ1n) is 15.4. The fraction of sp³-hybridized carbons (Fsp3) is 0.875. The third-order valence-electron chi connectivity index (χ3n) is 11.6. The van der Waals surface area contributed by atoms with Crippen molar-refractivity contribution in [1.29, 1.82) is 0 Å². The fourth-order valence-electron chi connectivity index (χ4n) is 9.47. The standard InChI is InChI=1S/C32H52O5/c1-5-6-7-8-9-10-11-12-13-15-26(33)37-27-23(2)24-16-21-32(36)30(4)19-14-18-29(3,28(34)35)25(30)17-20-31(27,32)22-24/h24-25,27,36H,2,5-22H2,1,3-4H3,(H,34,35)/t24-,25-,27+,29-,30-,31+,32-/m1/s1. The average Bonchev–Trinajstić information content (AvgIpc) is 3.07. The number of aliphatic carboxylic acids is 1. The molecule has 0 aromatic heterocycles. The van der Waals surface area contributed by atoms with Crippen LogP contribution in [0.3, 0.4) is 0 Å². The van der Waals surface area contributed by atoms with Crippen LogP contribution in [0, 0.1) is 28.1 Å². The highest BCUT2D eigenvalue weighted by Crippen LogP contribution is 2.74. The molecular weight excluding hydrogens is 464 g/mol. The van der Waals surface area contributed by atoms with Gasteiger partial charge >= 0.3 is 11.9 Å². The molecule has 210 valence electrons. The molecule has 0 amide bonds. The highest BCUT2D eigenvalue weighted by atomic mass is 16.5. The first-order chi connectivity index (χ1) is 17.6. The van der Waals surface area contributed by atoms with Crippen LogP contribution in [0.2, 0.25) is 0 Å². The van der Waals surface area contributed by atoms with Gasteiger partial charge in [0.05, 0.1) is 11.0 Å². The van der Waals surface area contributed by atoms with Crippen LogP contribution in [0.25, 0.3) is 0 Å². The van der Waals surface area contributed by atoms with Gasteiger partial charge in [-0.2, -0.15) is 0 Å². The SMILES string of the molecule is C=C1[C@@H]2CC[C@]3(O)[C@@](CC[C@@H]4[C@](C)(C(=O)O)CCC[C@]43C)(C2)[C@H]1OC(=O)CCCCCCCCCCC. The van der Waals surface area contributed by atoms with Crippen molar-refractivity contribution in [1.82, 2.24) is 0 Å². The van der Waals surface area contributed by atoms with Crippen LogP contribution in [0.5, 0.6) is 0 Å². The molecule has 4 aliphatic carbocycles. The average molecular weight is 517 g/mol. The van der Waals surface area contributed by atoms with Crippen LogP contribution in [-0.4, -0.2) is 33.9 Å². The normalized spacial score (nSPS) is 40.6. The third kappa shape index (κ3) is 4.70. The predicted molar refractivity (Wildman–Crippen MR) is 146 cm³/mol. The minimum Gasteiger partial charge on any atom is -0.481 e. The number of carbonyl (C=O) groups is 2. The van der Waals surface area contributed by atoms with E-state index in [1.807, 2.05) is 6.92 Å². The van der Waals surface area contributed by atoms with Crippen molar-refractivity contribution in [2.24, 2.45) is 28.1 Å². The maximum atomic E-state index is 13.0. The Morgan fingerprint density at radius 3 is 2.24 bits per heavy atom. The van der Waals surface area contributed by atoms with Gasteiger partial charge in [0.1, 0.15) is 6.10 Å². The van der Waals surface area contributed by atoms with E-state index in [0.717, 1.165) is 50.5 Å². The second-order valence-electron chi connectivity index (χ2n) is 13.6. The molecule has 1 spiro atoms. The zero-order chi connectivity index (χ0) is 26.9. The summed E-state index contributed by atoms with van der Waals surface area (Å²) in [6.45, 7) is 10.7. The smallest absolute Gasteiger partial charge is 0.309 e. The quantitative estimate of drug-likeness (QED) is 0.158. The molecule has 4 fully saturated rings. The summed E-state index contributed by atoms with van der Waals surface area (Å²) in [6, 6.07) is 0. The number of ether oxygens (including phenoxy) is 1. The molecule has 4 saturated carbocycles. The zero-order valence-electron chi connectivity index (χ0n) is 23.8. The molecule has 0 aromatic rings. The Labute approximate surface area is 224 Å². The van der Waals surface area contributed by atoms with Crippen LogP contribution >= 0.6 is 0 Å². The molecule has 0 saturated heterocycles. The number of fused-ring (bicyclic) bond motifs is 3. The Balaban J connectivity index is 1.42. The maximum Gasteiger partial charge on any atom is 0.309 e. The minimum atomic E-state index is -1.04. The summed E-state index contributed by atoms with van der Waals surface area (Å²) in [5, 5.41) is 22.9. The van der Waals surface area contributed by atoms with Crippen molar-refractivity contribution in [3.63, 3.8) is 0 Å². The van der Waals surface area contributed by atoms with Gasteiger partial charge in [0.25, 0.3) is 0 Å². The van der Waals surface area contributed by atoms with Gasteiger partial charge in [-0.1, -0.05) is 78.2 Å². The highest BCUT2D eigenvalue weighted by molar-refractivity contribution is 5.75. The van der Waals surface area contributed by atoms with Crippen LogP contribution in [0.4, 0.5) is 0 Å². The molecule has 37 heavy (non-hydrogen) atoms. The molecule has 2 N–H and O–H groups in total. The molecule has 2 bridgehead atoms. The van der Waals surface area contributed by atoms with E-state index in [2.05, 4.69) is 20.4 Å². The van der Waals surface area contributed by atoms with Crippen molar-refractivity contribution in [2.45, 2.75) is 148 Å². The van der Waals surface area contributed by atoms with Crippen molar-refractivity contribution < 1.29 is 24.5 Å². The van der Waals surface area contributed by atoms with Crippen LogP contribution in [-0.2, 0) is 14.3 Å². The molecule has 0 radical (unpaired) electrons. The Morgan fingerprint density at radius 2 is 1.59 bits per heavy atom. The number of hydrogen-bond acceptors (Lipinski definition) is 4. The fourth-order valence-corrected chi connectivity index (χ4v) is 9.47. The first kappa shape index (κ1) is 28.6. The number of esters is 1. The number of carbonyl (C=O) groups excluding carboxylic acids is 1. The molecule has 5 heteroatoms. The van der Waals surface area contributed by atoms with E-state index in [4.69, 9.17) is 4.74 Å². The Kier molecular flexibility index (Phi) is 8.53. The van der Waals surface area contributed by atoms with E-state index in [1.165, 1.54) is 44.9 Å². The number of unbranched alkanes of at least 4 members (excludes halogenated alkanes) is 8. The lowest BCUT2D eigenvalue weighted by Gasteiger charge is -2.68. The summed E-state index contributed by atoms with van der Waals surface area (Å²) < 4.78 is 6.24. The van der Waals surface area contributed by atoms with Crippen molar-refractivity contribution in [2.75, 3.05) is 0 Å². The number of rotatable bonds is 12. The second kappa shape index (κ2) is 11.0. The van der Waals surface area contributed by atoms with Gasteiger partial charge in [-0.15, -0.1) is 0 Å². The van der Waals surface area contributed by atoms with Crippen molar-refractivity contribution >= 4 is 11.9 Å². The van der Waals surface area contributed by atoms with E-state index < -0.39 is 33.9 Å². The largest absolute Gasteiger partial charge is 0.481 e. The van der Waals surface area contributed by atoms with Gasteiger partial charge in [-0.05, 0) is 75.7 Å². The van der Waals surface area contributed by atoms with Gasteiger partial charge in [0.2, 0.25) is 0 Å². The van der Waals surface area contributed by atoms with Crippen molar-refractivity contribution in [3.8, 4) is 0 Å². The van der Waals surface area contributed by atoms with E-state index in [-0.39, 0.29) is 17.8 Å². The lowest BCUT2D eigenvalue weighted by molar-refractivity contribution is -0.278. The summed E-state index contributed by atoms with van der Waals surface area (Å²) in [5.74, 6) is -0.702. The van der Waals surface area contributed by atoms with E-state index in [1.54, 1.807) is 0 Å². The topological polar surface area (TPSA) is 83.8 Å². The van der Waals surface area contributed by atoms with Crippen LogP contribution in [0.15, 0.2) is 12.2 Å². The monoisotopic (exact) mass is 516 g/mol. The summed E-state index contributed by atoms with van der Waals surface area (Å²) in [6.07, 6.45) is 16.9. The molecule has 7 atom stereocenters. The number of aliphatic hydroxyl groups is 1. The molecule has 0 unspecified atom stereocenters. The lowest BCUT2D eigenvalue weighted by atomic mass is 9.38. The number of carboxylic acids is 1. The molecule has 4 aliphatic rings.